The van der Waals surface area contributed by atoms with Gasteiger partial charge >= 0.3 is 18.1 Å². The van der Waals surface area contributed by atoms with E-state index in [0.717, 1.165) is 12.8 Å². The molecule has 1 saturated carbocycles. The van der Waals surface area contributed by atoms with Gasteiger partial charge in [0, 0.05) is 18.3 Å². The molecule has 0 amide bonds. The zero-order valence-electron chi connectivity index (χ0n) is 16.1. The lowest BCUT2D eigenvalue weighted by Crippen LogP contribution is -2.70. The normalized spacial score (nSPS) is 47.3. The number of carbonyl (C=O) groups is 1. The van der Waals surface area contributed by atoms with Gasteiger partial charge in [0.05, 0.1) is 0 Å². The average Bonchev–Trinajstić information content (AvgIpc) is 2.84. The van der Waals surface area contributed by atoms with Gasteiger partial charge in [-0.15, -0.1) is 0 Å². The van der Waals surface area contributed by atoms with Crippen LogP contribution in [0.15, 0.2) is 0 Å². The molecule has 8 atom stereocenters. The molecule has 2 bridgehead atoms. The molecule has 6 nitrogen and oxygen atoms in total. The number of ether oxygens (including phenoxy) is 3. The molecule has 166 valence electrons. The lowest BCUT2D eigenvalue weighted by molar-refractivity contribution is -0.576. The highest BCUT2D eigenvalue weighted by Gasteiger charge is 2.71. The minimum atomic E-state index is -6.06. The van der Waals surface area contributed by atoms with Gasteiger partial charge in [0.1, 0.15) is 0 Å². The third-order valence-corrected chi connectivity index (χ3v) is 6.93. The van der Waals surface area contributed by atoms with Crippen LogP contribution in [-0.4, -0.2) is 42.0 Å². The van der Waals surface area contributed by atoms with Gasteiger partial charge in [0.15, 0.2) is 11.9 Å². The molecule has 5 fully saturated rings. The van der Waals surface area contributed by atoms with Crippen LogP contribution < -0.4 is 0 Å². The second-order valence-electron chi connectivity index (χ2n) is 8.75. The Morgan fingerprint density at radius 2 is 1.72 bits per heavy atom. The van der Waals surface area contributed by atoms with Crippen molar-refractivity contribution >= 4 is 5.97 Å². The van der Waals surface area contributed by atoms with Crippen LogP contribution in [0.2, 0.25) is 0 Å². The van der Waals surface area contributed by atoms with Crippen LogP contribution in [0, 0.1) is 23.7 Å². The third-order valence-electron chi connectivity index (χ3n) is 6.93. The quantitative estimate of drug-likeness (QED) is 0.376. The van der Waals surface area contributed by atoms with Gasteiger partial charge in [-0.1, -0.05) is 13.8 Å². The van der Waals surface area contributed by atoms with Crippen LogP contribution >= 0.6 is 0 Å². The SMILES string of the molecule is C[C@H]1C(OC(=O)C(F)(F)C(F)(F)F)O[C@@H]2O[C@]3(C)CC[C@H]4[C@H](C)CCC1C24OO3. The van der Waals surface area contributed by atoms with Crippen LogP contribution in [0.25, 0.3) is 0 Å². The van der Waals surface area contributed by atoms with E-state index in [1.54, 1.807) is 13.8 Å². The molecule has 1 spiro atoms. The topological polar surface area (TPSA) is 63.2 Å². The fourth-order valence-corrected chi connectivity index (χ4v) is 5.30. The second kappa shape index (κ2) is 6.48. The maximum atomic E-state index is 13.4. The van der Waals surface area contributed by atoms with Crippen molar-refractivity contribution in [3.05, 3.63) is 0 Å². The summed E-state index contributed by atoms with van der Waals surface area (Å²) in [7, 11) is 0. The van der Waals surface area contributed by atoms with Gasteiger partial charge in [0.2, 0.25) is 12.1 Å². The molecule has 0 radical (unpaired) electrons. The van der Waals surface area contributed by atoms with Crippen LogP contribution in [0.3, 0.4) is 0 Å². The van der Waals surface area contributed by atoms with Crippen LogP contribution in [0.4, 0.5) is 22.0 Å². The van der Waals surface area contributed by atoms with E-state index in [1.165, 1.54) is 0 Å². The van der Waals surface area contributed by atoms with E-state index in [2.05, 4.69) is 11.7 Å². The Kier molecular flexibility index (Phi) is 4.74. The summed E-state index contributed by atoms with van der Waals surface area (Å²) in [6.07, 6.45) is -6.21. The standard InChI is InChI=1S/C18H23F5O6/c1-8-4-5-11-9(2)12(25-13(24)17(19,20)18(21,22)23)26-14-16(11)10(8)6-7-15(3,27-14)28-29-16/h8-12,14H,4-7H2,1-3H3/t8-,9-,10+,11?,12?,14-,15+,16?/m1/s1. The summed E-state index contributed by atoms with van der Waals surface area (Å²) >= 11 is 0. The van der Waals surface area contributed by atoms with Crippen molar-refractivity contribution in [2.24, 2.45) is 23.7 Å². The predicted molar refractivity (Wildman–Crippen MR) is 83.9 cm³/mol. The van der Waals surface area contributed by atoms with Crippen molar-refractivity contribution in [2.45, 2.75) is 82.5 Å². The third kappa shape index (κ3) is 2.99. The lowest BCUT2D eigenvalue weighted by Gasteiger charge is -2.59. The highest BCUT2D eigenvalue weighted by Crippen LogP contribution is 2.60. The van der Waals surface area contributed by atoms with Gasteiger partial charge < -0.3 is 14.2 Å². The monoisotopic (exact) mass is 430 g/mol. The minimum absolute atomic E-state index is 0.0220. The zero-order valence-corrected chi connectivity index (χ0v) is 16.1. The molecule has 0 aromatic heterocycles. The molecule has 4 aliphatic heterocycles. The number of rotatable bonds is 2. The van der Waals surface area contributed by atoms with Crippen LogP contribution in [0.1, 0.15) is 46.5 Å². The molecule has 0 aromatic carbocycles. The fraction of sp³-hybridized carbons (Fsp3) is 0.944. The number of alkyl halides is 5. The lowest BCUT2D eigenvalue weighted by atomic mass is 9.58. The Bertz CT molecular complexity index is 686. The van der Waals surface area contributed by atoms with Gasteiger partial charge in [-0.05, 0) is 38.0 Å². The fourth-order valence-electron chi connectivity index (χ4n) is 5.30. The summed E-state index contributed by atoms with van der Waals surface area (Å²) in [5.74, 6) is -10.3. The van der Waals surface area contributed by atoms with Crippen molar-refractivity contribution in [1.29, 1.82) is 0 Å². The van der Waals surface area contributed by atoms with Crippen molar-refractivity contribution in [3.63, 3.8) is 0 Å². The Hall–Kier alpha value is -1.04. The van der Waals surface area contributed by atoms with E-state index in [-0.39, 0.29) is 17.8 Å². The largest absolute Gasteiger partial charge is 0.465 e. The number of esters is 1. The molecule has 0 aromatic rings. The molecular weight excluding hydrogens is 407 g/mol. The smallest absolute Gasteiger partial charge is 0.431 e. The predicted octanol–water partition coefficient (Wildman–Crippen LogP) is 3.94. The first-order valence-electron chi connectivity index (χ1n) is 9.67. The summed E-state index contributed by atoms with van der Waals surface area (Å²) < 4.78 is 80.5. The molecule has 4 saturated heterocycles. The molecule has 4 heterocycles. The summed E-state index contributed by atoms with van der Waals surface area (Å²) in [4.78, 5) is 23.0. The summed E-state index contributed by atoms with van der Waals surface area (Å²) in [6.45, 7) is 5.28. The Morgan fingerprint density at radius 3 is 2.38 bits per heavy atom. The maximum absolute atomic E-state index is 13.4. The highest BCUT2D eigenvalue weighted by molar-refractivity contribution is 5.78. The average molecular weight is 430 g/mol. The van der Waals surface area contributed by atoms with Gasteiger partial charge in [-0.2, -0.15) is 22.0 Å². The number of fused-ring (bicyclic) bond motifs is 2. The minimum Gasteiger partial charge on any atom is -0.431 e. The van der Waals surface area contributed by atoms with Crippen LogP contribution in [0.5, 0.6) is 0 Å². The molecule has 5 rings (SSSR count). The van der Waals surface area contributed by atoms with E-state index in [4.69, 9.17) is 19.2 Å². The number of carbonyl (C=O) groups excluding carboxylic acids is 1. The second-order valence-corrected chi connectivity index (χ2v) is 8.75. The van der Waals surface area contributed by atoms with Crippen molar-refractivity contribution in [3.8, 4) is 0 Å². The van der Waals surface area contributed by atoms with Crippen LogP contribution in [-0.2, 0) is 28.8 Å². The Labute approximate surface area is 163 Å². The molecule has 11 heteroatoms. The van der Waals surface area contributed by atoms with E-state index in [1.807, 2.05) is 0 Å². The van der Waals surface area contributed by atoms with E-state index in [0.29, 0.717) is 12.8 Å². The zero-order chi connectivity index (χ0) is 21.4. The van der Waals surface area contributed by atoms with Gasteiger partial charge in [-0.25, -0.2) is 14.6 Å². The Morgan fingerprint density at radius 1 is 1.03 bits per heavy atom. The molecule has 29 heavy (non-hydrogen) atoms. The van der Waals surface area contributed by atoms with Crippen molar-refractivity contribution in [2.75, 3.05) is 0 Å². The molecule has 0 N–H and O–H groups in total. The Balaban J connectivity index is 1.64. The first-order chi connectivity index (χ1) is 13.3. The summed E-state index contributed by atoms with van der Waals surface area (Å²) in [5.41, 5.74) is -1.04. The van der Waals surface area contributed by atoms with Crippen molar-refractivity contribution in [1.82, 2.24) is 0 Å². The molecular formula is C18H23F5O6. The molecule has 3 unspecified atom stereocenters. The number of hydrogen-bond donors (Lipinski definition) is 0. The van der Waals surface area contributed by atoms with Crippen molar-refractivity contribution < 1.29 is 50.7 Å². The van der Waals surface area contributed by atoms with E-state index < -0.39 is 48.0 Å². The molecule has 5 aliphatic rings. The van der Waals surface area contributed by atoms with Gasteiger partial charge in [0.25, 0.3) is 0 Å². The summed E-state index contributed by atoms with van der Waals surface area (Å²) in [6, 6.07) is 0. The number of halogens is 5. The first-order valence-corrected chi connectivity index (χ1v) is 9.67. The van der Waals surface area contributed by atoms with Gasteiger partial charge in [-0.3, -0.25) is 0 Å². The van der Waals surface area contributed by atoms with E-state index in [9.17, 15) is 26.7 Å². The number of hydrogen-bond acceptors (Lipinski definition) is 6. The maximum Gasteiger partial charge on any atom is 0.465 e. The summed E-state index contributed by atoms with van der Waals surface area (Å²) in [5, 5.41) is 0. The first kappa shape index (κ1) is 21.2. The van der Waals surface area contributed by atoms with E-state index >= 15 is 0 Å². The highest BCUT2D eigenvalue weighted by atomic mass is 19.4. The molecule has 1 aliphatic carbocycles.